The van der Waals surface area contributed by atoms with Crippen molar-refractivity contribution in [3.05, 3.63) is 0 Å². The molecule has 0 aliphatic heterocycles. The predicted molar refractivity (Wildman–Crippen MR) is 104 cm³/mol. The summed E-state index contributed by atoms with van der Waals surface area (Å²) in [6.07, 6.45) is 12.6. The first-order chi connectivity index (χ1) is 11.8. The van der Waals surface area contributed by atoms with Crippen LogP contribution in [0.4, 0.5) is 0 Å². The van der Waals surface area contributed by atoms with Crippen molar-refractivity contribution in [3.8, 4) is 0 Å². The maximum absolute atomic E-state index is 11.3. The zero-order chi connectivity index (χ0) is 17.7. The van der Waals surface area contributed by atoms with Gasteiger partial charge in [-0.25, -0.2) is 0 Å². The van der Waals surface area contributed by atoms with E-state index in [1.807, 2.05) is 6.92 Å². The molecule has 1 amide bonds. The second-order valence-electron chi connectivity index (χ2n) is 6.57. The topological polar surface area (TPSA) is 79.2 Å². The van der Waals surface area contributed by atoms with Crippen LogP contribution in [-0.4, -0.2) is 45.2 Å². The van der Waals surface area contributed by atoms with E-state index in [9.17, 15) is 4.79 Å². The number of rotatable bonds is 19. The molecule has 0 radical (unpaired) electrons. The summed E-state index contributed by atoms with van der Waals surface area (Å²) in [5.41, 5.74) is 5.47. The lowest BCUT2D eigenvalue weighted by molar-refractivity contribution is -0.121. The average molecular weight is 343 g/mol. The van der Waals surface area contributed by atoms with Gasteiger partial charge in [0, 0.05) is 13.0 Å². The molecule has 0 aliphatic rings. The molecule has 0 atom stereocenters. The molecule has 0 fully saturated rings. The highest BCUT2D eigenvalue weighted by Gasteiger charge is 1.97. The van der Waals surface area contributed by atoms with E-state index in [2.05, 4.69) is 16.0 Å². The van der Waals surface area contributed by atoms with Crippen molar-refractivity contribution in [2.24, 2.45) is 5.73 Å². The Morgan fingerprint density at radius 3 is 1.62 bits per heavy atom. The summed E-state index contributed by atoms with van der Waals surface area (Å²) in [6, 6.07) is 0. The summed E-state index contributed by atoms with van der Waals surface area (Å²) in [5.74, 6) is 0.195. The Bertz CT molecular complexity index is 262. The van der Waals surface area contributed by atoms with E-state index in [0.29, 0.717) is 6.42 Å². The lowest BCUT2D eigenvalue weighted by Crippen LogP contribution is -2.24. The van der Waals surface area contributed by atoms with Gasteiger partial charge in [0.2, 0.25) is 5.91 Å². The number of nitrogens with two attached hydrogens (primary N) is 1. The maximum atomic E-state index is 11.3. The standard InChI is InChI=1S/C19H42N4O/c1-2-12-19(24)23-18-11-5-10-17-22-16-9-4-8-15-21-14-7-3-6-13-20/h21-22H,2-18,20H2,1H3,(H,23,24). The van der Waals surface area contributed by atoms with Crippen molar-refractivity contribution in [1.82, 2.24) is 16.0 Å². The van der Waals surface area contributed by atoms with Crippen LogP contribution < -0.4 is 21.7 Å². The fraction of sp³-hybridized carbons (Fsp3) is 0.947. The molecule has 144 valence electrons. The third-order valence-electron chi connectivity index (χ3n) is 4.09. The zero-order valence-corrected chi connectivity index (χ0v) is 16.0. The van der Waals surface area contributed by atoms with E-state index in [1.54, 1.807) is 0 Å². The highest BCUT2D eigenvalue weighted by atomic mass is 16.1. The summed E-state index contributed by atoms with van der Waals surface area (Å²) in [4.78, 5) is 11.3. The summed E-state index contributed by atoms with van der Waals surface area (Å²) in [5, 5.41) is 9.97. The van der Waals surface area contributed by atoms with Gasteiger partial charge in [-0.05, 0) is 77.7 Å². The Kier molecular flexibility index (Phi) is 19.8. The minimum Gasteiger partial charge on any atom is -0.356 e. The van der Waals surface area contributed by atoms with Gasteiger partial charge in [-0.15, -0.1) is 0 Å². The van der Waals surface area contributed by atoms with Gasteiger partial charge in [0.05, 0.1) is 0 Å². The fourth-order valence-electron chi connectivity index (χ4n) is 2.59. The predicted octanol–water partition coefficient (Wildman–Crippen LogP) is 2.55. The van der Waals surface area contributed by atoms with Gasteiger partial charge in [0.25, 0.3) is 0 Å². The smallest absolute Gasteiger partial charge is 0.219 e. The Labute approximate surface area is 149 Å². The molecule has 5 heteroatoms. The van der Waals surface area contributed by atoms with E-state index >= 15 is 0 Å². The van der Waals surface area contributed by atoms with Gasteiger partial charge in [-0.3, -0.25) is 4.79 Å². The third kappa shape index (κ3) is 19.4. The van der Waals surface area contributed by atoms with Crippen molar-refractivity contribution in [2.75, 3.05) is 39.3 Å². The average Bonchev–Trinajstić information content (AvgIpc) is 2.58. The number of carbonyl (C=O) groups excluding carboxylic acids is 1. The molecule has 0 bridgehead atoms. The molecule has 0 saturated heterocycles. The Hall–Kier alpha value is -0.650. The first-order valence-electron chi connectivity index (χ1n) is 10.2. The number of carbonyl (C=O) groups is 1. The van der Waals surface area contributed by atoms with Crippen LogP contribution in [0.5, 0.6) is 0 Å². The van der Waals surface area contributed by atoms with Gasteiger partial charge in [0.1, 0.15) is 0 Å². The summed E-state index contributed by atoms with van der Waals surface area (Å²) in [7, 11) is 0. The van der Waals surface area contributed by atoms with Gasteiger partial charge < -0.3 is 21.7 Å². The molecule has 0 rings (SSSR count). The normalized spacial score (nSPS) is 10.9. The van der Waals surface area contributed by atoms with Crippen molar-refractivity contribution in [3.63, 3.8) is 0 Å². The fourth-order valence-corrected chi connectivity index (χ4v) is 2.59. The molecule has 0 saturated carbocycles. The molecule has 0 aliphatic carbocycles. The first-order valence-corrected chi connectivity index (χ1v) is 10.2. The van der Waals surface area contributed by atoms with Crippen LogP contribution >= 0.6 is 0 Å². The number of amides is 1. The molecule has 0 aromatic carbocycles. The van der Waals surface area contributed by atoms with Crippen molar-refractivity contribution in [1.29, 1.82) is 0 Å². The summed E-state index contributed by atoms with van der Waals surface area (Å²) >= 11 is 0. The Morgan fingerprint density at radius 1 is 0.708 bits per heavy atom. The van der Waals surface area contributed by atoms with Crippen LogP contribution in [0.2, 0.25) is 0 Å². The molecule has 5 nitrogen and oxygen atoms in total. The Balaban J connectivity index is 3.01. The first kappa shape index (κ1) is 23.4. The molecule has 0 aromatic rings. The van der Waals surface area contributed by atoms with Crippen LogP contribution in [0.1, 0.15) is 77.6 Å². The molecule has 0 spiro atoms. The second kappa shape index (κ2) is 20.4. The highest BCUT2D eigenvalue weighted by molar-refractivity contribution is 5.75. The van der Waals surface area contributed by atoms with Crippen molar-refractivity contribution >= 4 is 5.91 Å². The molecule has 0 aromatic heterocycles. The number of hydrogen-bond donors (Lipinski definition) is 4. The lowest BCUT2D eigenvalue weighted by Gasteiger charge is -2.07. The van der Waals surface area contributed by atoms with Crippen LogP contribution in [0.3, 0.4) is 0 Å². The minimum atomic E-state index is 0.195. The van der Waals surface area contributed by atoms with Gasteiger partial charge in [-0.2, -0.15) is 0 Å². The van der Waals surface area contributed by atoms with Crippen LogP contribution in [0, 0.1) is 0 Å². The zero-order valence-electron chi connectivity index (χ0n) is 16.0. The second-order valence-corrected chi connectivity index (χ2v) is 6.57. The number of hydrogen-bond acceptors (Lipinski definition) is 4. The molecular formula is C19H42N4O. The largest absolute Gasteiger partial charge is 0.356 e. The number of unbranched alkanes of at least 4 members (excludes halogenated alkanes) is 6. The van der Waals surface area contributed by atoms with Gasteiger partial charge in [0.15, 0.2) is 0 Å². The molecule has 0 heterocycles. The lowest BCUT2D eigenvalue weighted by atomic mass is 10.2. The van der Waals surface area contributed by atoms with E-state index < -0.39 is 0 Å². The summed E-state index contributed by atoms with van der Waals surface area (Å²) < 4.78 is 0. The van der Waals surface area contributed by atoms with Gasteiger partial charge >= 0.3 is 0 Å². The molecule has 5 N–H and O–H groups in total. The van der Waals surface area contributed by atoms with Crippen LogP contribution in [0.25, 0.3) is 0 Å². The van der Waals surface area contributed by atoms with Crippen LogP contribution in [-0.2, 0) is 4.79 Å². The molecule has 24 heavy (non-hydrogen) atoms. The summed E-state index contributed by atoms with van der Waals surface area (Å²) in [6.45, 7) is 8.20. The van der Waals surface area contributed by atoms with Crippen LogP contribution in [0.15, 0.2) is 0 Å². The van der Waals surface area contributed by atoms with Gasteiger partial charge in [-0.1, -0.05) is 26.2 Å². The molecule has 0 unspecified atom stereocenters. The van der Waals surface area contributed by atoms with E-state index in [-0.39, 0.29) is 5.91 Å². The Morgan fingerprint density at radius 2 is 1.17 bits per heavy atom. The third-order valence-corrected chi connectivity index (χ3v) is 4.09. The van der Waals surface area contributed by atoms with E-state index in [1.165, 1.54) is 44.9 Å². The highest BCUT2D eigenvalue weighted by Crippen LogP contribution is 1.96. The van der Waals surface area contributed by atoms with Crippen molar-refractivity contribution in [2.45, 2.75) is 77.6 Å². The number of nitrogens with one attached hydrogen (secondary N) is 3. The maximum Gasteiger partial charge on any atom is 0.219 e. The van der Waals surface area contributed by atoms with Crippen molar-refractivity contribution < 1.29 is 4.79 Å². The van der Waals surface area contributed by atoms with E-state index in [0.717, 1.165) is 58.5 Å². The van der Waals surface area contributed by atoms with E-state index in [4.69, 9.17) is 5.73 Å². The molecular weight excluding hydrogens is 300 g/mol. The quantitative estimate of drug-likeness (QED) is 0.272. The SMILES string of the molecule is CCCC(=O)NCCCCCNCCCCCNCCCCCN. The minimum absolute atomic E-state index is 0.195. The monoisotopic (exact) mass is 342 g/mol.